The van der Waals surface area contributed by atoms with Crippen molar-refractivity contribution in [2.45, 2.75) is 46.6 Å². The van der Waals surface area contributed by atoms with Crippen LogP contribution in [0.3, 0.4) is 0 Å². The van der Waals surface area contributed by atoms with Crippen LogP contribution in [-0.4, -0.2) is 11.9 Å². The summed E-state index contributed by atoms with van der Waals surface area (Å²) in [6, 6.07) is 6.21. The summed E-state index contributed by atoms with van der Waals surface area (Å²) in [6.07, 6.45) is 1.96. The monoisotopic (exact) mass is 219 g/mol. The molecular formula is C14H21NO. The van der Waals surface area contributed by atoms with E-state index in [1.165, 1.54) is 5.56 Å². The second-order valence-electron chi connectivity index (χ2n) is 4.31. The highest BCUT2D eigenvalue weighted by molar-refractivity contribution is 5.95. The lowest BCUT2D eigenvalue weighted by molar-refractivity contribution is 0.0934. The number of rotatable bonds is 4. The number of carbonyl (C=O) groups excluding carboxylic acids is 1. The highest BCUT2D eigenvalue weighted by atomic mass is 16.1. The quantitative estimate of drug-likeness (QED) is 0.827. The molecule has 0 atom stereocenters. The van der Waals surface area contributed by atoms with Crippen molar-refractivity contribution in [2.24, 2.45) is 0 Å². The first-order valence-electron chi connectivity index (χ1n) is 5.96. The third-order valence-electron chi connectivity index (χ3n) is 2.95. The summed E-state index contributed by atoms with van der Waals surface area (Å²) < 4.78 is 0. The molecule has 1 aromatic rings. The summed E-state index contributed by atoms with van der Waals surface area (Å²) >= 11 is 0. The van der Waals surface area contributed by atoms with Crippen molar-refractivity contribution in [3.05, 3.63) is 34.9 Å². The van der Waals surface area contributed by atoms with E-state index in [0.29, 0.717) is 0 Å². The minimum absolute atomic E-state index is 0.0474. The van der Waals surface area contributed by atoms with E-state index in [2.05, 4.69) is 19.2 Å². The van der Waals surface area contributed by atoms with E-state index in [1.807, 2.05) is 32.0 Å². The van der Waals surface area contributed by atoms with Crippen LogP contribution in [0.1, 0.15) is 48.2 Å². The van der Waals surface area contributed by atoms with Gasteiger partial charge in [0.1, 0.15) is 0 Å². The Labute approximate surface area is 98.1 Å². The zero-order valence-electron chi connectivity index (χ0n) is 10.6. The molecule has 0 aliphatic rings. The van der Waals surface area contributed by atoms with E-state index >= 15 is 0 Å². The van der Waals surface area contributed by atoms with Crippen molar-refractivity contribution in [2.75, 3.05) is 0 Å². The molecule has 0 fully saturated rings. The molecule has 88 valence electrons. The average molecular weight is 219 g/mol. The van der Waals surface area contributed by atoms with Crippen LogP contribution in [0.2, 0.25) is 0 Å². The fourth-order valence-corrected chi connectivity index (χ4v) is 1.82. The Morgan fingerprint density at radius 1 is 1.25 bits per heavy atom. The van der Waals surface area contributed by atoms with Crippen molar-refractivity contribution in [3.8, 4) is 0 Å². The minimum Gasteiger partial charge on any atom is -0.349 e. The van der Waals surface area contributed by atoms with Gasteiger partial charge in [-0.25, -0.2) is 0 Å². The number of carbonyl (C=O) groups is 1. The molecule has 0 unspecified atom stereocenters. The summed E-state index contributed by atoms with van der Waals surface area (Å²) in [6.45, 7) is 8.21. The Bertz CT molecular complexity index is 367. The number of hydrogen-bond donors (Lipinski definition) is 1. The van der Waals surface area contributed by atoms with Gasteiger partial charge in [-0.15, -0.1) is 0 Å². The van der Waals surface area contributed by atoms with E-state index in [9.17, 15) is 4.79 Å². The maximum atomic E-state index is 12.0. The van der Waals surface area contributed by atoms with Gasteiger partial charge in [0.15, 0.2) is 0 Å². The zero-order valence-corrected chi connectivity index (χ0v) is 10.6. The molecule has 0 spiro atoms. The van der Waals surface area contributed by atoms with Crippen LogP contribution in [0.15, 0.2) is 18.2 Å². The molecule has 0 bridgehead atoms. The number of nitrogens with one attached hydrogen (secondary N) is 1. The first-order valence-corrected chi connectivity index (χ1v) is 5.96. The van der Waals surface area contributed by atoms with Crippen LogP contribution in [-0.2, 0) is 0 Å². The summed E-state index contributed by atoms with van der Waals surface area (Å²) in [7, 11) is 0. The minimum atomic E-state index is 0.0474. The largest absolute Gasteiger partial charge is 0.349 e. The van der Waals surface area contributed by atoms with Gasteiger partial charge in [0, 0.05) is 11.6 Å². The number of amides is 1. The molecule has 0 saturated heterocycles. The van der Waals surface area contributed by atoms with Crippen molar-refractivity contribution in [1.29, 1.82) is 0 Å². The molecule has 0 aromatic heterocycles. The predicted octanol–water partition coefficient (Wildman–Crippen LogP) is 3.22. The molecule has 1 amide bonds. The van der Waals surface area contributed by atoms with Gasteiger partial charge >= 0.3 is 0 Å². The number of aryl methyl sites for hydroxylation is 2. The van der Waals surface area contributed by atoms with E-state index in [-0.39, 0.29) is 11.9 Å². The van der Waals surface area contributed by atoms with Gasteiger partial charge in [0.25, 0.3) is 5.91 Å². The van der Waals surface area contributed by atoms with Gasteiger partial charge in [-0.3, -0.25) is 4.79 Å². The Morgan fingerprint density at radius 2 is 1.88 bits per heavy atom. The highest BCUT2D eigenvalue weighted by Crippen LogP contribution is 2.11. The molecule has 1 aromatic carbocycles. The molecule has 0 radical (unpaired) electrons. The number of benzene rings is 1. The normalized spacial score (nSPS) is 10.6. The van der Waals surface area contributed by atoms with Crippen LogP contribution >= 0.6 is 0 Å². The van der Waals surface area contributed by atoms with Crippen LogP contribution in [0, 0.1) is 13.8 Å². The van der Waals surface area contributed by atoms with Crippen molar-refractivity contribution in [3.63, 3.8) is 0 Å². The molecule has 0 aliphatic heterocycles. The van der Waals surface area contributed by atoms with Crippen molar-refractivity contribution >= 4 is 5.91 Å². The van der Waals surface area contributed by atoms with Crippen LogP contribution in [0.4, 0.5) is 0 Å². The smallest absolute Gasteiger partial charge is 0.251 e. The molecule has 1 rings (SSSR count). The molecule has 0 saturated carbocycles. The summed E-state index contributed by atoms with van der Waals surface area (Å²) in [5, 5.41) is 3.05. The standard InChI is InChI=1S/C14H21NO/c1-5-12(6-2)15-14(16)13-8-7-10(3)9-11(13)4/h7-9,12H,5-6H2,1-4H3,(H,15,16). The Balaban J connectivity index is 2.80. The topological polar surface area (TPSA) is 29.1 Å². The lowest BCUT2D eigenvalue weighted by atomic mass is 10.0. The molecule has 0 aliphatic carbocycles. The fraction of sp³-hybridized carbons (Fsp3) is 0.500. The molecular weight excluding hydrogens is 198 g/mol. The van der Waals surface area contributed by atoms with Crippen LogP contribution in [0.25, 0.3) is 0 Å². The van der Waals surface area contributed by atoms with Gasteiger partial charge in [-0.05, 0) is 38.3 Å². The lowest BCUT2D eigenvalue weighted by Crippen LogP contribution is -2.34. The van der Waals surface area contributed by atoms with E-state index in [0.717, 1.165) is 24.0 Å². The Morgan fingerprint density at radius 3 is 2.38 bits per heavy atom. The maximum Gasteiger partial charge on any atom is 0.251 e. The molecule has 1 N–H and O–H groups in total. The number of hydrogen-bond acceptors (Lipinski definition) is 1. The Kier molecular flexibility index (Phi) is 4.53. The SMILES string of the molecule is CCC(CC)NC(=O)c1ccc(C)cc1C. The summed E-state index contributed by atoms with van der Waals surface area (Å²) in [4.78, 5) is 12.0. The Hall–Kier alpha value is -1.31. The third-order valence-corrected chi connectivity index (χ3v) is 2.95. The fourth-order valence-electron chi connectivity index (χ4n) is 1.82. The van der Waals surface area contributed by atoms with Crippen LogP contribution in [0.5, 0.6) is 0 Å². The van der Waals surface area contributed by atoms with E-state index in [1.54, 1.807) is 0 Å². The second-order valence-corrected chi connectivity index (χ2v) is 4.31. The summed E-state index contributed by atoms with van der Waals surface area (Å²) in [5.74, 6) is 0.0474. The molecule has 2 heteroatoms. The van der Waals surface area contributed by atoms with Crippen LogP contribution < -0.4 is 5.32 Å². The lowest BCUT2D eigenvalue weighted by Gasteiger charge is -2.15. The molecule has 2 nitrogen and oxygen atoms in total. The molecule has 16 heavy (non-hydrogen) atoms. The van der Waals surface area contributed by atoms with Crippen molar-refractivity contribution in [1.82, 2.24) is 5.32 Å². The maximum absolute atomic E-state index is 12.0. The van der Waals surface area contributed by atoms with Gasteiger partial charge in [0.05, 0.1) is 0 Å². The first-order chi connectivity index (χ1) is 7.58. The third kappa shape index (κ3) is 3.09. The van der Waals surface area contributed by atoms with Gasteiger partial charge in [-0.1, -0.05) is 31.5 Å². The van der Waals surface area contributed by atoms with Gasteiger partial charge in [0.2, 0.25) is 0 Å². The van der Waals surface area contributed by atoms with Gasteiger partial charge in [-0.2, -0.15) is 0 Å². The highest BCUT2D eigenvalue weighted by Gasteiger charge is 2.12. The predicted molar refractivity (Wildman–Crippen MR) is 67.8 cm³/mol. The van der Waals surface area contributed by atoms with Gasteiger partial charge < -0.3 is 5.32 Å². The van der Waals surface area contributed by atoms with E-state index < -0.39 is 0 Å². The zero-order chi connectivity index (χ0) is 12.1. The second kappa shape index (κ2) is 5.69. The average Bonchev–Trinajstić information content (AvgIpc) is 2.25. The van der Waals surface area contributed by atoms with Crippen molar-refractivity contribution < 1.29 is 4.79 Å². The summed E-state index contributed by atoms with van der Waals surface area (Å²) in [5.41, 5.74) is 3.03. The molecule has 0 heterocycles. The first kappa shape index (κ1) is 12.8. The van der Waals surface area contributed by atoms with E-state index in [4.69, 9.17) is 0 Å².